The van der Waals surface area contributed by atoms with Crippen LogP contribution in [0.1, 0.15) is 6.42 Å². The monoisotopic (exact) mass is 365 g/mol. The van der Waals surface area contributed by atoms with Gasteiger partial charge in [-0.1, -0.05) is 12.1 Å². The third-order valence-corrected chi connectivity index (χ3v) is 4.03. The van der Waals surface area contributed by atoms with Crippen molar-refractivity contribution in [3.8, 4) is 0 Å². The Bertz CT molecular complexity index is 636. The SMILES string of the molecule is CN1CCN(CCCn2c(=O)oc3ccccc32)CC1.Cl.Cl.O. The molecule has 2 heterocycles. The van der Waals surface area contributed by atoms with E-state index >= 15 is 0 Å². The molecule has 0 saturated carbocycles. The number of rotatable bonds is 4. The number of fused-ring (bicyclic) bond motifs is 1. The van der Waals surface area contributed by atoms with Crippen LogP contribution in [0.25, 0.3) is 11.1 Å². The first kappa shape index (κ1) is 21.9. The van der Waals surface area contributed by atoms with Gasteiger partial charge in [0.2, 0.25) is 0 Å². The van der Waals surface area contributed by atoms with Crippen molar-refractivity contribution in [3.63, 3.8) is 0 Å². The van der Waals surface area contributed by atoms with Crippen LogP contribution in [-0.4, -0.2) is 59.6 Å². The first-order valence-electron chi connectivity index (χ1n) is 7.23. The van der Waals surface area contributed by atoms with E-state index in [0.717, 1.165) is 51.2 Å². The van der Waals surface area contributed by atoms with Gasteiger partial charge in [0.05, 0.1) is 5.52 Å². The van der Waals surface area contributed by atoms with E-state index in [1.807, 2.05) is 24.3 Å². The fourth-order valence-corrected chi connectivity index (χ4v) is 2.75. The number of aryl methyl sites for hydroxylation is 1. The number of likely N-dealkylation sites (N-methyl/N-ethyl adjacent to an activating group) is 1. The van der Waals surface area contributed by atoms with Gasteiger partial charge >= 0.3 is 5.76 Å². The highest BCUT2D eigenvalue weighted by molar-refractivity contribution is 5.85. The van der Waals surface area contributed by atoms with E-state index in [1.54, 1.807) is 4.57 Å². The van der Waals surface area contributed by atoms with E-state index in [4.69, 9.17) is 4.42 Å². The van der Waals surface area contributed by atoms with E-state index in [-0.39, 0.29) is 36.0 Å². The standard InChI is InChI=1S/C15H21N3O2.2ClH.H2O/c1-16-9-11-17(12-10-16)7-4-8-18-13-5-2-3-6-14(13)20-15(18)19;;;/h2-3,5-6H,4,7-12H2,1H3;2*1H;1H2. The maximum atomic E-state index is 11.8. The van der Waals surface area contributed by atoms with Crippen molar-refractivity contribution in [3.05, 3.63) is 34.8 Å². The summed E-state index contributed by atoms with van der Waals surface area (Å²) in [4.78, 5) is 16.7. The molecule has 6 nitrogen and oxygen atoms in total. The van der Waals surface area contributed by atoms with Crippen molar-refractivity contribution in [1.29, 1.82) is 0 Å². The van der Waals surface area contributed by atoms with Crippen molar-refractivity contribution in [2.45, 2.75) is 13.0 Å². The minimum atomic E-state index is -0.246. The molecule has 3 rings (SSSR count). The molecule has 23 heavy (non-hydrogen) atoms. The first-order chi connectivity index (χ1) is 9.74. The van der Waals surface area contributed by atoms with Crippen LogP contribution in [0.5, 0.6) is 0 Å². The molecule has 1 fully saturated rings. The summed E-state index contributed by atoms with van der Waals surface area (Å²) in [5, 5.41) is 0. The van der Waals surface area contributed by atoms with Crippen molar-refractivity contribution in [1.82, 2.24) is 14.4 Å². The zero-order chi connectivity index (χ0) is 13.9. The summed E-state index contributed by atoms with van der Waals surface area (Å²) in [6.07, 6.45) is 0.979. The maximum Gasteiger partial charge on any atom is 0.419 e. The van der Waals surface area contributed by atoms with Gasteiger partial charge in [-0.3, -0.25) is 4.57 Å². The van der Waals surface area contributed by atoms with Crippen LogP contribution in [0.2, 0.25) is 0 Å². The van der Waals surface area contributed by atoms with Crippen molar-refractivity contribution in [2.75, 3.05) is 39.8 Å². The lowest BCUT2D eigenvalue weighted by Crippen LogP contribution is -2.44. The van der Waals surface area contributed by atoms with Crippen molar-refractivity contribution < 1.29 is 9.89 Å². The van der Waals surface area contributed by atoms with Gasteiger partial charge < -0.3 is 19.7 Å². The summed E-state index contributed by atoms with van der Waals surface area (Å²) in [6.45, 7) is 6.28. The van der Waals surface area contributed by atoms with Crippen molar-refractivity contribution in [2.24, 2.45) is 0 Å². The molecule has 1 aliphatic heterocycles. The molecular weight excluding hydrogens is 341 g/mol. The predicted octanol–water partition coefficient (Wildman–Crippen LogP) is 1.25. The summed E-state index contributed by atoms with van der Waals surface area (Å²) in [5.74, 6) is -0.246. The van der Waals surface area contributed by atoms with Crippen LogP contribution < -0.4 is 5.76 Å². The van der Waals surface area contributed by atoms with Crippen molar-refractivity contribution >= 4 is 35.9 Å². The van der Waals surface area contributed by atoms with Gasteiger partial charge in [0.1, 0.15) is 0 Å². The average molecular weight is 366 g/mol. The van der Waals surface area contributed by atoms with Crippen LogP contribution in [0.3, 0.4) is 0 Å². The quantitative estimate of drug-likeness (QED) is 0.817. The number of piperazine rings is 1. The van der Waals surface area contributed by atoms with E-state index in [0.29, 0.717) is 5.58 Å². The van der Waals surface area contributed by atoms with Crippen LogP contribution >= 0.6 is 24.8 Å². The number of benzene rings is 1. The number of halogens is 2. The molecule has 2 aromatic rings. The Morgan fingerprint density at radius 2 is 1.70 bits per heavy atom. The van der Waals surface area contributed by atoms with Crippen LogP contribution in [0.15, 0.2) is 33.5 Å². The van der Waals surface area contributed by atoms with Crippen LogP contribution in [0, 0.1) is 0 Å². The number of hydrogen-bond donors (Lipinski definition) is 0. The summed E-state index contributed by atoms with van der Waals surface area (Å²) in [5.41, 5.74) is 1.58. The fourth-order valence-electron chi connectivity index (χ4n) is 2.75. The second kappa shape index (κ2) is 9.95. The molecular formula is C15H25Cl2N3O3. The first-order valence-corrected chi connectivity index (χ1v) is 7.23. The molecule has 1 aromatic carbocycles. The molecule has 0 radical (unpaired) electrons. The Kier molecular flexibility index (Phi) is 9.49. The Morgan fingerprint density at radius 3 is 2.39 bits per heavy atom. The van der Waals surface area contributed by atoms with E-state index in [9.17, 15) is 4.79 Å². The van der Waals surface area contributed by atoms with Gasteiger partial charge in [0.25, 0.3) is 0 Å². The van der Waals surface area contributed by atoms with E-state index in [1.165, 1.54) is 0 Å². The lowest BCUT2D eigenvalue weighted by Gasteiger charge is -2.32. The predicted molar refractivity (Wildman–Crippen MR) is 97.1 cm³/mol. The topological polar surface area (TPSA) is 73.1 Å². The third kappa shape index (κ3) is 5.22. The maximum absolute atomic E-state index is 11.8. The molecule has 1 aliphatic rings. The molecule has 0 unspecified atom stereocenters. The number of hydrogen-bond acceptors (Lipinski definition) is 4. The molecule has 0 aliphatic carbocycles. The van der Waals surface area contributed by atoms with Gasteiger partial charge in [-0.15, -0.1) is 24.8 Å². The minimum Gasteiger partial charge on any atom is -0.412 e. The second-order valence-corrected chi connectivity index (χ2v) is 5.49. The van der Waals surface area contributed by atoms with Crippen LogP contribution in [-0.2, 0) is 6.54 Å². The molecule has 0 spiro atoms. The summed E-state index contributed by atoms with van der Waals surface area (Å²) in [7, 11) is 2.16. The molecule has 0 amide bonds. The van der Waals surface area contributed by atoms with E-state index < -0.39 is 0 Å². The largest absolute Gasteiger partial charge is 0.419 e. The van der Waals surface area contributed by atoms with Crippen LogP contribution in [0.4, 0.5) is 0 Å². The highest BCUT2D eigenvalue weighted by Crippen LogP contribution is 2.12. The van der Waals surface area contributed by atoms with Gasteiger partial charge in [-0.05, 0) is 32.1 Å². The molecule has 0 atom stereocenters. The Labute approximate surface area is 148 Å². The second-order valence-electron chi connectivity index (χ2n) is 5.49. The van der Waals surface area contributed by atoms with E-state index in [2.05, 4.69) is 16.8 Å². The number of para-hydroxylation sites is 2. The van der Waals surface area contributed by atoms with Gasteiger partial charge in [-0.2, -0.15) is 0 Å². The summed E-state index contributed by atoms with van der Waals surface area (Å²) in [6, 6.07) is 7.61. The zero-order valence-corrected chi connectivity index (χ0v) is 14.9. The Hall–Kier alpha value is -1.05. The molecule has 1 saturated heterocycles. The average Bonchev–Trinajstić information content (AvgIpc) is 2.77. The molecule has 1 aromatic heterocycles. The Morgan fingerprint density at radius 1 is 1.04 bits per heavy atom. The fraction of sp³-hybridized carbons (Fsp3) is 0.533. The Balaban J connectivity index is 0.00000161. The lowest BCUT2D eigenvalue weighted by molar-refractivity contribution is 0.151. The smallest absolute Gasteiger partial charge is 0.412 e. The summed E-state index contributed by atoms with van der Waals surface area (Å²) < 4.78 is 6.98. The minimum absolute atomic E-state index is 0. The molecule has 132 valence electrons. The molecule has 2 N–H and O–H groups in total. The van der Waals surface area contributed by atoms with Gasteiger partial charge in [0, 0.05) is 32.7 Å². The highest BCUT2D eigenvalue weighted by Gasteiger charge is 2.14. The number of aromatic nitrogens is 1. The third-order valence-electron chi connectivity index (χ3n) is 4.03. The summed E-state index contributed by atoms with van der Waals surface area (Å²) >= 11 is 0. The molecule has 0 bridgehead atoms. The van der Waals surface area contributed by atoms with Gasteiger partial charge in [-0.25, -0.2) is 4.79 Å². The molecule has 8 heteroatoms. The number of oxazole rings is 1. The number of nitrogens with zero attached hydrogens (tertiary/aromatic N) is 3. The zero-order valence-electron chi connectivity index (χ0n) is 13.2. The normalized spacial score (nSPS) is 15.5. The van der Waals surface area contributed by atoms with Gasteiger partial charge in [0.15, 0.2) is 5.58 Å². The lowest BCUT2D eigenvalue weighted by atomic mass is 10.3. The highest BCUT2D eigenvalue weighted by atomic mass is 35.5.